The van der Waals surface area contributed by atoms with Crippen LogP contribution in [0.4, 0.5) is 4.79 Å². The number of carbonyl (C=O) groups is 2. The number of carbonyl (C=O) groups excluding carboxylic acids is 1. The quantitative estimate of drug-likeness (QED) is 0.566. The molecule has 18 heavy (non-hydrogen) atoms. The van der Waals surface area contributed by atoms with E-state index in [-0.39, 0.29) is 13.0 Å². The van der Waals surface area contributed by atoms with E-state index >= 15 is 0 Å². The predicted molar refractivity (Wildman–Crippen MR) is 63.3 cm³/mol. The Labute approximate surface area is 106 Å². The molecule has 3 N–H and O–H groups in total. The molecule has 1 aliphatic rings. The van der Waals surface area contributed by atoms with Crippen molar-refractivity contribution in [1.29, 1.82) is 0 Å². The van der Waals surface area contributed by atoms with Gasteiger partial charge in [-0.1, -0.05) is 0 Å². The molecule has 1 heterocycles. The van der Waals surface area contributed by atoms with Crippen LogP contribution in [0.25, 0.3) is 0 Å². The summed E-state index contributed by atoms with van der Waals surface area (Å²) in [6.07, 6.45) is 0.937. The summed E-state index contributed by atoms with van der Waals surface area (Å²) < 4.78 is 4.88. The molecule has 0 aromatic rings. The smallest absolute Gasteiger partial charge is 0.326 e. The van der Waals surface area contributed by atoms with Gasteiger partial charge in [0.1, 0.15) is 6.04 Å². The van der Waals surface area contributed by atoms with E-state index in [2.05, 4.69) is 5.32 Å². The fourth-order valence-electron chi connectivity index (χ4n) is 1.94. The lowest BCUT2D eigenvalue weighted by Gasteiger charge is -2.21. The van der Waals surface area contributed by atoms with Crippen molar-refractivity contribution in [2.45, 2.75) is 31.4 Å². The van der Waals surface area contributed by atoms with Gasteiger partial charge in [-0.2, -0.15) is 0 Å². The molecule has 0 spiro atoms. The van der Waals surface area contributed by atoms with Crippen molar-refractivity contribution in [3.63, 3.8) is 0 Å². The molecule has 0 radical (unpaired) electrons. The van der Waals surface area contributed by atoms with Crippen molar-refractivity contribution in [3.05, 3.63) is 0 Å². The van der Waals surface area contributed by atoms with Crippen LogP contribution in [0.1, 0.15) is 19.3 Å². The number of amides is 2. The van der Waals surface area contributed by atoms with Crippen LogP contribution in [0, 0.1) is 0 Å². The molecule has 0 aromatic carbocycles. The number of carboxylic acids is 1. The zero-order valence-electron chi connectivity index (χ0n) is 10.5. The Bertz CT molecular complexity index is 297. The minimum absolute atomic E-state index is 0.0703. The van der Waals surface area contributed by atoms with Gasteiger partial charge in [0.2, 0.25) is 0 Å². The molecule has 0 saturated carbocycles. The Morgan fingerprint density at radius 1 is 1.44 bits per heavy atom. The van der Waals surface area contributed by atoms with Crippen LogP contribution in [0.15, 0.2) is 0 Å². The Morgan fingerprint density at radius 2 is 2.17 bits per heavy atom. The first-order valence-corrected chi connectivity index (χ1v) is 6.00. The Hall–Kier alpha value is -1.34. The maximum atomic E-state index is 11.7. The number of aliphatic carboxylic acids is 1. The number of β-amino-alcohol motifs (C(OH)–C–C–N with tert-alkyl or cyclic N) is 1. The number of aliphatic hydroxyl groups is 1. The van der Waals surface area contributed by atoms with Crippen LogP contribution in [0.5, 0.6) is 0 Å². The van der Waals surface area contributed by atoms with Gasteiger partial charge in [-0.05, 0) is 12.8 Å². The van der Waals surface area contributed by atoms with Crippen LogP contribution in [-0.2, 0) is 9.53 Å². The molecule has 2 amide bonds. The molecule has 1 saturated heterocycles. The normalized spacial score (nSPS) is 23.1. The summed E-state index contributed by atoms with van der Waals surface area (Å²) in [6.45, 7) is 1.18. The van der Waals surface area contributed by atoms with Gasteiger partial charge in [0.25, 0.3) is 0 Å². The lowest BCUT2D eigenvalue weighted by Crippen LogP contribution is -2.46. The van der Waals surface area contributed by atoms with Gasteiger partial charge < -0.3 is 25.2 Å². The van der Waals surface area contributed by atoms with Crippen molar-refractivity contribution in [2.24, 2.45) is 0 Å². The molecule has 0 aromatic heterocycles. The van der Waals surface area contributed by atoms with Crippen LogP contribution in [0.3, 0.4) is 0 Å². The fraction of sp³-hybridized carbons (Fsp3) is 0.818. The average molecular weight is 260 g/mol. The first-order chi connectivity index (χ1) is 8.56. The van der Waals surface area contributed by atoms with E-state index in [4.69, 9.17) is 9.84 Å². The fourth-order valence-corrected chi connectivity index (χ4v) is 1.94. The molecule has 1 fully saturated rings. The molecule has 7 nitrogen and oxygen atoms in total. The number of rotatable bonds is 6. The highest BCUT2D eigenvalue weighted by Crippen LogP contribution is 2.17. The third-order valence-electron chi connectivity index (χ3n) is 2.88. The number of aliphatic hydroxyl groups excluding tert-OH is 1. The summed E-state index contributed by atoms with van der Waals surface area (Å²) >= 11 is 0. The lowest BCUT2D eigenvalue weighted by atomic mass is 10.2. The molecule has 1 rings (SSSR count). The summed E-state index contributed by atoms with van der Waals surface area (Å²) in [6, 6.07) is -1.37. The molecular weight excluding hydrogens is 240 g/mol. The van der Waals surface area contributed by atoms with E-state index < -0.39 is 24.1 Å². The third-order valence-corrected chi connectivity index (χ3v) is 2.88. The van der Waals surface area contributed by atoms with Crippen LogP contribution in [-0.4, -0.2) is 66.1 Å². The SMILES string of the molecule is COCCCCNC(=O)N1C[C@H](O)C[C@@H]1C(=O)O. The van der Waals surface area contributed by atoms with Crippen LogP contribution in [0.2, 0.25) is 0 Å². The van der Waals surface area contributed by atoms with Gasteiger partial charge in [0.05, 0.1) is 6.10 Å². The highest BCUT2D eigenvalue weighted by molar-refractivity contribution is 5.83. The predicted octanol–water partition coefficient (Wildman–Crippen LogP) is -0.358. The van der Waals surface area contributed by atoms with Gasteiger partial charge in [0.15, 0.2) is 0 Å². The number of carboxylic acid groups (broad SMARTS) is 1. The topological polar surface area (TPSA) is 99.1 Å². The summed E-state index contributed by atoms with van der Waals surface area (Å²) in [7, 11) is 1.61. The van der Waals surface area contributed by atoms with Gasteiger partial charge in [-0.15, -0.1) is 0 Å². The standard InChI is InChI=1S/C11H20N2O5/c1-18-5-3-2-4-12-11(17)13-7-8(14)6-9(13)10(15)16/h8-9,14H,2-7H2,1H3,(H,12,17)(H,15,16)/t8-,9-/m1/s1. The molecule has 2 atom stereocenters. The lowest BCUT2D eigenvalue weighted by molar-refractivity contribution is -0.141. The highest BCUT2D eigenvalue weighted by atomic mass is 16.5. The van der Waals surface area contributed by atoms with Gasteiger partial charge >= 0.3 is 12.0 Å². The Kier molecular flexibility index (Phi) is 5.87. The summed E-state index contributed by atoms with van der Waals surface area (Å²) in [4.78, 5) is 23.8. The van der Waals surface area contributed by atoms with Crippen molar-refractivity contribution >= 4 is 12.0 Å². The summed E-state index contributed by atoms with van der Waals surface area (Å²) in [5.41, 5.74) is 0. The number of urea groups is 1. The first kappa shape index (κ1) is 14.7. The maximum absolute atomic E-state index is 11.7. The Balaban J connectivity index is 2.33. The zero-order valence-corrected chi connectivity index (χ0v) is 10.5. The number of likely N-dealkylation sites (tertiary alicyclic amines) is 1. The van der Waals surface area contributed by atoms with Crippen molar-refractivity contribution in [1.82, 2.24) is 10.2 Å². The van der Waals surface area contributed by atoms with Crippen molar-refractivity contribution in [2.75, 3.05) is 26.8 Å². The highest BCUT2D eigenvalue weighted by Gasteiger charge is 2.38. The van der Waals surface area contributed by atoms with Crippen molar-refractivity contribution < 1.29 is 24.5 Å². The number of unbranched alkanes of at least 4 members (excludes halogenated alkanes) is 1. The third kappa shape index (κ3) is 4.15. The Morgan fingerprint density at radius 3 is 2.78 bits per heavy atom. The van der Waals surface area contributed by atoms with E-state index in [1.165, 1.54) is 4.90 Å². The van der Waals surface area contributed by atoms with E-state index in [0.29, 0.717) is 13.2 Å². The second-order valence-corrected chi connectivity index (χ2v) is 4.33. The van der Waals surface area contributed by atoms with Gasteiger partial charge in [-0.3, -0.25) is 0 Å². The second-order valence-electron chi connectivity index (χ2n) is 4.33. The minimum atomic E-state index is -1.08. The van der Waals surface area contributed by atoms with Crippen LogP contribution < -0.4 is 5.32 Å². The monoisotopic (exact) mass is 260 g/mol. The van der Waals surface area contributed by atoms with Crippen LogP contribution >= 0.6 is 0 Å². The second kappa shape index (κ2) is 7.17. The molecule has 0 unspecified atom stereocenters. The maximum Gasteiger partial charge on any atom is 0.326 e. The number of hydrogen-bond donors (Lipinski definition) is 3. The minimum Gasteiger partial charge on any atom is -0.480 e. The molecule has 1 aliphatic heterocycles. The van der Waals surface area contributed by atoms with E-state index in [9.17, 15) is 14.7 Å². The average Bonchev–Trinajstić information content (AvgIpc) is 2.71. The van der Waals surface area contributed by atoms with Gasteiger partial charge in [0, 0.05) is 33.2 Å². The number of nitrogens with one attached hydrogen (secondary N) is 1. The first-order valence-electron chi connectivity index (χ1n) is 6.00. The zero-order chi connectivity index (χ0) is 13.5. The summed E-state index contributed by atoms with van der Waals surface area (Å²) in [5.74, 6) is -1.08. The number of ether oxygens (including phenoxy) is 1. The van der Waals surface area contributed by atoms with E-state index in [1.54, 1.807) is 7.11 Å². The number of hydrogen-bond acceptors (Lipinski definition) is 4. The molecule has 0 aliphatic carbocycles. The summed E-state index contributed by atoms with van der Waals surface area (Å²) in [5, 5.41) is 21.0. The number of nitrogens with zero attached hydrogens (tertiary/aromatic N) is 1. The molecule has 0 bridgehead atoms. The van der Waals surface area contributed by atoms with E-state index in [1.807, 2.05) is 0 Å². The molecule has 104 valence electrons. The largest absolute Gasteiger partial charge is 0.480 e. The van der Waals surface area contributed by atoms with Gasteiger partial charge in [-0.25, -0.2) is 9.59 Å². The van der Waals surface area contributed by atoms with E-state index in [0.717, 1.165) is 12.8 Å². The molecular formula is C11H20N2O5. The van der Waals surface area contributed by atoms with Crippen molar-refractivity contribution in [3.8, 4) is 0 Å². The number of methoxy groups -OCH3 is 1. The molecule has 7 heteroatoms.